The van der Waals surface area contributed by atoms with E-state index in [1.807, 2.05) is 19.1 Å². The Hall–Kier alpha value is -0.870. The highest BCUT2D eigenvalue weighted by Crippen LogP contribution is 2.16. The van der Waals surface area contributed by atoms with Crippen LogP contribution in [0.4, 0.5) is 0 Å². The van der Waals surface area contributed by atoms with Crippen molar-refractivity contribution in [3.05, 3.63) is 29.8 Å². The molecule has 84 valence electrons. The first-order valence-electron chi connectivity index (χ1n) is 5.19. The van der Waals surface area contributed by atoms with Crippen LogP contribution in [0.2, 0.25) is 0 Å². The number of hydrogen-bond acceptors (Lipinski definition) is 2. The number of benzene rings is 1. The van der Waals surface area contributed by atoms with Gasteiger partial charge >= 0.3 is 0 Å². The van der Waals surface area contributed by atoms with E-state index in [0.717, 1.165) is 18.4 Å². The van der Waals surface area contributed by atoms with E-state index < -0.39 is 10.0 Å². The van der Waals surface area contributed by atoms with Crippen molar-refractivity contribution in [2.75, 3.05) is 6.54 Å². The van der Waals surface area contributed by atoms with Gasteiger partial charge in [0, 0.05) is 6.54 Å². The van der Waals surface area contributed by atoms with Crippen LogP contribution < -0.4 is 4.72 Å². The Morgan fingerprint density at radius 1 is 1.20 bits per heavy atom. The van der Waals surface area contributed by atoms with Gasteiger partial charge in [0.25, 0.3) is 0 Å². The van der Waals surface area contributed by atoms with Gasteiger partial charge in [-0.3, -0.25) is 0 Å². The minimum atomic E-state index is -3.31. The highest BCUT2D eigenvalue weighted by Gasteiger charge is 2.15. The van der Waals surface area contributed by atoms with Gasteiger partial charge in [-0.15, -0.1) is 0 Å². The summed E-state index contributed by atoms with van der Waals surface area (Å²) in [6, 6.07) is 7.15. The highest BCUT2D eigenvalue weighted by molar-refractivity contribution is 7.89. The van der Waals surface area contributed by atoms with Crippen LogP contribution in [-0.2, 0) is 16.4 Å². The van der Waals surface area contributed by atoms with E-state index in [4.69, 9.17) is 0 Å². The SMILES string of the molecule is CCCc1ccccc1S(=O)(=O)NCC. The highest BCUT2D eigenvalue weighted by atomic mass is 32.2. The second-order valence-electron chi connectivity index (χ2n) is 3.36. The molecule has 1 aromatic rings. The first kappa shape index (κ1) is 12.2. The summed E-state index contributed by atoms with van der Waals surface area (Å²) in [4.78, 5) is 0.411. The molecule has 0 atom stereocenters. The molecular formula is C11H17NO2S. The normalized spacial score (nSPS) is 11.6. The Bertz CT molecular complexity index is 412. The maximum absolute atomic E-state index is 11.8. The van der Waals surface area contributed by atoms with Crippen molar-refractivity contribution in [3.63, 3.8) is 0 Å². The van der Waals surface area contributed by atoms with E-state index >= 15 is 0 Å². The number of hydrogen-bond donors (Lipinski definition) is 1. The topological polar surface area (TPSA) is 46.2 Å². The Kier molecular flexibility index (Phi) is 4.29. The molecule has 0 saturated heterocycles. The zero-order valence-electron chi connectivity index (χ0n) is 9.16. The van der Waals surface area contributed by atoms with Gasteiger partial charge in [-0.25, -0.2) is 13.1 Å². The zero-order chi connectivity index (χ0) is 11.3. The van der Waals surface area contributed by atoms with Gasteiger partial charge in [0.15, 0.2) is 0 Å². The molecule has 1 rings (SSSR count). The summed E-state index contributed by atoms with van der Waals surface area (Å²) in [6.07, 6.45) is 1.74. The lowest BCUT2D eigenvalue weighted by Crippen LogP contribution is -2.24. The number of sulfonamides is 1. The Labute approximate surface area is 91.6 Å². The summed E-state index contributed by atoms with van der Waals surface area (Å²) in [6.45, 7) is 4.24. The second kappa shape index (κ2) is 5.28. The minimum absolute atomic E-state index is 0.411. The molecule has 0 fully saturated rings. The van der Waals surface area contributed by atoms with Crippen molar-refractivity contribution in [2.45, 2.75) is 31.6 Å². The molecule has 0 heterocycles. The third kappa shape index (κ3) is 3.04. The number of aryl methyl sites for hydroxylation is 1. The first-order chi connectivity index (χ1) is 7.11. The van der Waals surface area contributed by atoms with E-state index in [1.54, 1.807) is 19.1 Å². The molecule has 1 N–H and O–H groups in total. The Balaban J connectivity index is 3.12. The summed E-state index contributed by atoms with van der Waals surface area (Å²) in [5.41, 5.74) is 0.890. The third-order valence-corrected chi connectivity index (χ3v) is 3.76. The molecule has 15 heavy (non-hydrogen) atoms. The van der Waals surface area contributed by atoms with Crippen LogP contribution in [0.25, 0.3) is 0 Å². The van der Waals surface area contributed by atoms with Crippen molar-refractivity contribution >= 4 is 10.0 Å². The lowest BCUT2D eigenvalue weighted by molar-refractivity contribution is 0.582. The molecule has 0 aliphatic rings. The van der Waals surface area contributed by atoms with Gasteiger partial charge < -0.3 is 0 Å². The quantitative estimate of drug-likeness (QED) is 0.835. The summed E-state index contributed by atoms with van der Waals surface area (Å²) in [7, 11) is -3.31. The van der Waals surface area contributed by atoms with Crippen LogP contribution in [0, 0.1) is 0 Å². The molecule has 0 radical (unpaired) electrons. The van der Waals surface area contributed by atoms with Crippen LogP contribution >= 0.6 is 0 Å². The molecule has 0 spiro atoms. The number of rotatable bonds is 5. The first-order valence-corrected chi connectivity index (χ1v) is 6.67. The fourth-order valence-electron chi connectivity index (χ4n) is 1.51. The van der Waals surface area contributed by atoms with Crippen LogP contribution in [0.15, 0.2) is 29.2 Å². The van der Waals surface area contributed by atoms with E-state index in [2.05, 4.69) is 4.72 Å². The summed E-state index contributed by atoms with van der Waals surface area (Å²) < 4.78 is 26.1. The van der Waals surface area contributed by atoms with Crippen molar-refractivity contribution in [1.82, 2.24) is 4.72 Å². The standard InChI is InChI=1S/C11H17NO2S/c1-3-7-10-8-5-6-9-11(10)15(13,14)12-4-2/h5-6,8-9,12H,3-4,7H2,1-2H3. The Morgan fingerprint density at radius 3 is 2.47 bits per heavy atom. The molecule has 0 unspecified atom stereocenters. The number of nitrogens with one attached hydrogen (secondary N) is 1. The average molecular weight is 227 g/mol. The van der Waals surface area contributed by atoms with Crippen LogP contribution in [0.1, 0.15) is 25.8 Å². The average Bonchev–Trinajstić information content (AvgIpc) is 2.19. The van der Waals surface area contributed by atoms with E-state index in [1.165, 1.54) is 0 Å². The molecule has 3 nitrogen and oxygen atoms in total. The minimum Gasteiger partial charge on any atom is -0.211 e. The molecule has 0 aliphatic heterocycles. The maximum atomic E-state index is 11.8. The fraction of sp³-hybridized carbons (Fsp3) is 0.455. The maximum Gasteiger partial charge on any atom is 0.240 e. The summed E-state index contributed by atoms with van der Waals surface area (Å²) >= 11 is 0. The largest absolute Gasteiger partial charge is 0.240 e. The second-order valence-corrected chi connectivity index (χ2v) is 5.09. The molecule has 0 saturated carbocycles. The Morgan fingerprint density at radius 2 is 1.87 bits per heavy atom. The molecule has 0 amide bonds. The predicted octanol–water partition coefficient (Wildman–Crippen LogP) is 1.94. The van der Waals surface area contributed by atoms with Gasteiger partial charge in [-0.05, 0) is 18.1 Å². The van der Waals surface area contributed by atoms with Crippen molar-refractivity contribution in [3.8, 4) is 0 Å². The monoisotopic (exact) mass is 227 g/mol. The van der Waals surface area contributed by atoms with Crippen molar-refractivity contribution in [1.29, 1.82) is 0 Å². The zero-order valence-corrected chi connectivity index (χ0v) is 9.97. The van der Waals surface area contributed by atoms with Gasteiger partial charge in [-0.1, -0.05) is 38.5 Å². The van der Waals surface area contributed by atoms with Crippen LogP contribution in [0.5, 0.6) is 0 Å². The fourth-order valence-corrected chi connectivity index (χ4v) is 2.82. The molecule has 1 aromatic carbocycles. The molecular weight excluding hydrogens is 210 g/mol. The smallest absolute Gasteiger partial charge is 0.211 e. The van der Waals surface area contributed by atoms with Crippen molar-refractivity contribution in [2.24, 2.45) is 0 Å². The van der Waals surface area contributed by atoms with Crippen LogP contribution in [-0.4, -0.2) is 15.0 Å². The van der Waals surface area contributed by atoms with Crippen LogP contribution in [0.3, 0.4) is 0 Å². The van der Waals surface area contributed by atoms with Gasteiger partial charge in [0.05, 0.1) is 4.90 Å². The van der Waals surface area contributed by atoms with E-state index in [0.29, 0.717) is 11.4 Å². The van der Waals surface area contributed by atoms with Gasteiger partial charge in [0.2, 0.25) is 10.0 Å². The van der Waals surface area contributed by atoms with Gasteiger partial charge in [-0.2, -0.15) is 0 Å². The van der Waals surface area contributed by atoms with Gasteiger partial charge in [0.1, 0.15) is 0 Å². The molecule has 0 bridgehead atoms. The third-order valence-electron chi connectivity index (χ3n) is 2.12. The lowest BCUT2D eigenvalue weighted by Gasteiger charge is -2.09. The molecule has 0 aliphatic carbocycles. The lowest BCUT2D eigenvalue weighted by atomic mass is 10.1. The summed E-state index contributed by atoms with van der Waals surface area (Å²) in [5, 5.41) is 0. The van der Waals surface area contributed by atoms with E-state index in [-0.39, 0.29) is 0 Å². The molecule has 0 aromatic heterocycles. The molecule has 4 heteroatoms. The predicted molar refractivity (Wildman–Crippen MR) is 61.3 cm³/mol. The summed E-state index contributed by atoms with van der Waals surface area (Å²) in [5.74, 6) is 0. The van der Waals surface area contributed by atoms with Crippen molar-refractivity contribution < 1.29 is 8.42 Å². The van der Waals surface area contributed by atoms with E-state index in [9.17, 15) is 8.42 Å².